The highest BCUT2D eigenvalue weighted by Gasteiger charge is 2.20. The molecule has 0 bridgehead atoms. The Kier molecular flexibility index (Phi) is 3.55. The number of ether oxygens (including phenoxy) is 2. The molecule has 0 saturated carbocycles. The summed E-state index contributed by atoms with van der Waals surface area (Å²) in [5.74, 6) is 0. The summed E-state index contributed by atoms with van der Waals surface area (Å²) in [5.41, 5.74) is 1.25. The van der Waals surface area contributed by atoms with Crippen molar-refractivity contribution in [1.82, 2.24) is 0 Å². The van der Waals surface area contributed by atoms with Crippen LogP contribution in [0.3, 0.4) is 0 Å². The van der Waals surface area contributed by atoms with E-state index in [-0.39, 0.29) is 0 Å². The zero-order valence-corrected chi connectivity index (χ0v) is 8.32. The van der Waals surface area contributed by atoms with Gasteiger partial charge < -0.3 is 9.47 Å². The molecule has 0 amide bonds. The summed E-state index contributed by atoms with van der Waals surface area (Å²) in [6, 6.07) is 10.3. The van der Waals surface area contributed by atoms with Crippen LogP contribution in [0.2, 0.25) is 0 Å². The van der Waals surface area contributed by atoms with Crippen LogP contribution in [-0.2, 0) is 16.1 Å². The molecule has 1 aliphatic heterocycles. The highest BCUT2D eigenvalue weighted by atomic mass is 16.6. The van der Waals surface area contributed by atoms with Crippen LogP contribution in [0, 0.1) is 0 Å². The molecule has 76 valence electrons. The summed E-state index contributed by atoms with van der Waals surface area (Å²) in [4.78, 5) is 0. The first-order valence-corrected chi connectivity index (χ1v) is 5.18. The normalized spacial score (nSPS) is 19.6. The quantitative estimate of drug-likeness (QED) is 0.510. The van der Waals surface area contributed by atoms with Gasteiger partial charge in [-0.25, -0.2) is 0 Å². The van der Waals surface area contributed by atoms with E-state index in [9.17, 15) is 0 Å². The van der Waals surface area contributed by atoms with Crippen molar-refractivity contribution in [3.05, 3.63) is 35.9 Å². The number of hydrogen-bond donors (Lipinski definition) is 0. The molecule has 1 aliphatic rings. The van der Waals surface area contributed by atoms with Crippen molar-refractivity contribution in [2.24, 2.45) is 0 Å². The Balaban J connectivity index is 1.54. The van der Waals surface area contributed by atoms with E-state index in [0.717, 1.165) is 32.7 Å². The molecule has 1 atom stereocenters. The molecule has 1 unspecified atom stereocenters. The van der Waals surface area contributed by atoms with Crippen molar-refractivity contribution in [3.8, 4) is 0 Å². The van der Waals surface area contributed by atoms with Gasteiger partial charge in [-0.15, -0.1) is 0 Å². The Morgan fingerprint density at radius 1 is 1.29 bits per heavy atom. The second kappa shape index (κ2) is 5.13. The lowest BCUT2D eigenvalue weighted by Crippen LogP contribution is -1.97. The summed E-state index contributed by atoms with van der Waals surface area (Å²) in [6.07, 6.45) is 2.79. The van der Waals surface area contributed by atoms with Gasteiger partial charge in [-0.1, -0.05) is 30.3 Å². The van der Waals surface area contributed by atoms with Gasteiger partial charge in [0.05, 0.1) is 19.3 Å². The van der Waals surface area contributed by atoms with Crippen molar-refractivity contribution >= 4 is 0 Å². The Labute approximate surface area is 84.8 Å². The average molecular weight is 192 g/mol. The SMILES string of the molecule is c1ccc(COCCCC2CO2)cc1. The van der Waals surface area contributed by atoms with E-state index in [1.165, 1.54) is 5.56 Å². The van der Waals surface area contributed by atoms with E-state index in [1.54, 1.807) is 0 Å². The minimum Gasteiger partial charge on any atom is -0.377 e. The molecule has 1 aromatic carbocycles. The van der Waals surface area contributed by atoms with Crippen molar-refractivity contribution in [3.63, 3.8) is 0 Å². The first-order valence-electron chi connectivity index (χ1n) is 5.18. The summed E-state index contributed by atoms with van der Waals surface area (Å²) in [5, 5.41) is 0. The number of epoxide rings is 1. The third-order valence-electron chi connectivity index (χ3n) is 2.33. The molecule has 0 spiro atoms. The topological polar surface area (TPSA) is 21.8 Å². The molecule has 2 nitrogen and oxygen atoms in total. The minimum absolute atomic E-state index is 0.537. The van der Waals surface area contributed by atoms with Crippen LogP contribution in [0.25, 0.3) is 0 Å². The van der Waals surface area contributed by atoms with Gasteiger partial charge in [0.25, 0.3) is 0 Å². The zero-order valence-electron chi connectivity index (χ0n) is 8.32. The van der Waals surface area contributed by atoms with Gasteiger partial charge in [0, 0.05) is 6.61 Å². The van der Waals surface area contributed by atoms with E-state index >= 15 is 0 Å². The first kappa shape index (κ1) is 9.69. The Bertz CT molecular complexity index is 254. The van der Waals surface area contributed by atoms with Crippen LogP contribution in [0.1, 0.15) is 18.4 Å². The Hall–Kier alpha value is -0.860. The standard InChI is InChI=1S/C12H16O2/c1-2-5-11(6-3-1)9-13-8-4-7-12-10-14-12/h1-3,5-6,12H,4,7-10H2. The third kappa shape index (κ3) is 3.48. The van der Waals surface area contributed by atoms with Crippen LogP contribution in [0.15, 0.2) is 30.3 Å². The predicted molar refractivity (Wildman–Crippen MR) is 55.1 cm³/mol. The molecule has 1 aromatic rings. The number of hydrogen-bond acceptors (Lipinski definition) is 2. The fourth-order valence-corrected chi connectivity index (χ4v) is 1.41. The van der Waals surface area contributed by atoms with Crippen LogP contribution >= 0.6 is 0 Å². The predicted octanol–water partition coefficient (Wildman–Crippen LogP) is 2.38. The Morgan fingerprint density at radius 2 is 2.07 bits per heavy atom. The summed E-state index contributed by atoms with van der Waals surface area (Å²) in [7, 11) is 0. The van der Waals surface area contributed by atoms with Crippen LogP contribution in [0.5, 0.6) is 0 Å². The fraction of sp³-hybridized carbons (Fsp3) is 0.500. The molecule has 1 saturated heterocycles. The molecule has 2 rings (SSSR count). The number of rotatable bonds is 6. The van der Waals surface area contributed by atoms with Gasteiger partial charge in [-0.05, 0) is 18.4 Å². The lowest BCUT2D eigenvalue weighted by molar-refractivity contribution is 0.115. The first-order chi connectivity index (χ1) is 6.95. The fourth-order valence-electron chi connectivity index (χ4n) is 1.41. The van der Waals surface area contributed by atoms with Crippen LogP contribution in [-0.4, -0.2) is 19.3 Å². The maximum absolute atomic E-state index is 5.54. The molecular weight excluding hydrogens is 176 g/mol. The van der Waals surface area contributed by atoms with E-state index < -0.39 is 0 Å². The molecule has 2 heteroatoms. The largest absolute Gasteiger partial charge is 0.377 e. The van der Waals surface area contributed by atoms with E-state index in [4.69, 9.17) is 9.47 Å². The second-order valence-electron chi connectivity index (χ2n) is 3.64. The second-order valence-corrected chi connectivity index (χ2v) is 3.64. The van der Waals surface area contributed by atoms with Crippen molar-refractivity contribution in [2.75, 3.05) is 13.2 Å². The van der Waals surface area contributed by atoms with Crippen molar-refractivity contribution in [1.29, 1.82) is 0 Å². The van der Waals surface area contributed by atoms with Crippen molar-refractivity contribution < 1.29 is 9.47 Å². The molecule has 0 radical (unpaired) electrons. The minimum atomic E-state index is 0.537. The maximum Gasteiger partial charge on any atom is 0.0810 e. The van der Waals surface area contributed by atoms with E-state index in [0.29, 0.717) is 6.10 Å². The highest BCUT2D eigenvalue weighted by molar-refractivity contribution is 5.13. The van der Waals surface area contributed by atoms with Crippen molar-refractivity contribution in [2.45, 2.75) is 25.6 Å². The molecular formula is C12H16O2. The zero-order chi connectivity index (χ0) is 9.64. The maximum atomic E-state index is 5.54. The van der Waals surface area contributed by atoms with Gasteiger partial charge in [0.15, 0.2) is 0 Å². The lowest BCUT2D eigenvalue weighted by atomic mass is 10.2. The van der Waals surface area contributed by atoms with Gasteiger partial charge in [0.1, 0.15) is 0 Å². The average Bonchev–Trinajstić information content (AvgIpc) is 3.03. The summed E-state index contributed by atoms with van der Waals surface area (Å²) >= 11 is 0. The monoisotopic (exact) mass is 192 g/mol. The molecule has 0 aromatic heterocycles. The van der Waals surface area contributed by atoms with Crippen LogP contribution < -0.4 is 0 Å². The van der Waals surface area contributed by atoms with Gasteiger partial charge >= 0.3 is 0 Å². The Morgan fingerprint density at radius 3 is 2.79 bits per heavy atom. The van der Waals surface area contributed by atoms with Crippen LogP contribution in [0.4, 0.5) is 0 Å². The van der Waals surface area contributed by atoms with Gasteiger partial charge in [-0.2, -0.15) is 0 Å². The number of benzene rings is 1. The lowest BCUT2D eigenvalue weighted by Gasteiger charge is -2.02. The smallest absolute Gasteiger partial charge is 0.0810 e. The molecule has 1 fully saturated rings. The molecule has 0 aliphatic carbocycles. The third-order valence-corrected chi connectivity index (χ3v) is 2.33. The summed E-state index contributed by atoms with van der Waals surface area (Å²) < 4.78 is 10.7. The van der Waals surface area contributed by atoms with E-state index in [2.05, 4.69) is 12.1 Å². The summed E-state index contributed by atoms with van der Waals surface area (Å²) in [6.45, 7) is 2.53. The molecule has 1 heterocycles. The van der Waals surface area contributed by atoms with E-state index in [1.807, 2.05) is 18.2 Å². The highest BCUT2D eigenvalue weighted by Crippen LogP contribution is 2.15. The van der Waals surface area contributed by atoms with Gasteiger partial charge in [0.2, 0.25) is 0 Å². The molecule has 0 N–H and O–H groups in total. The van der Waals surface area contributed by atoms with Gasteiger partial charge in [-0.3, -0.25) is 0 Å². The molecule has 14 heavy (non-hydrogen) atoms.